The summed E-state index contributed by atoms with van der Waals surface area (Å²) in [6.45, 7) is 7.87. The predicted octanol–water partition coefficient (Wildman–Crippen LogP) is 2.81. The number of nitrogen functional groups attached to an aromatic ring is 1. The van der Waals surface area contributed by atoms with E-state index in [1.165, 1.54) is 11.9 Å². The third-order valence-electron chi connectivity index (χ3n) is 2.30. The molecular formula is C12H19N5S. The number of hydrogen-bond acceptors (Lipinski definition) is 6. The molecule has 1 aromatic heterocycles. The van der Waals surface area contributed by atoms with Crippen LogP contribution in [0.1, 0.15) is 26.7 Å². The summed E-state index contributed by atoms with van der Waals surface area (Å²) in [5.74, 6) is 0.759. The zero-order valence-electron chi connectivity index (χ0n) is 10.8. The van der Waals surface area contributed by atoms with Crippen LogP contribution in [0.4, 0.5) is 11.9 Å². The fourth-order valence-corrected chi connectivity index (χ4v) is 1.78. The van der Waals surface area contributed by atoms with Gasteiger partial charge in [-0.3, -0.25) is 0 Å². The van der Waals surface area contributed by atoms with Crippen LogP contribution in [0.3, 0.4) is 0 Å². The highest BCUT2D eigenvalue weighted by Crippen LogP contribution is 2.14. The third-order valence-corrected chi connectivity index (χ3v) is 3.03. The molecule has 3 N–H and O–H groups in total. The molecular weight excluding hydrogens is 246 g/mol. The molecule has 6 heteroatoms. The van der Waals surface area contributed by atoms with E-state index < -0.39 is 0 Å². The SMILES string of the molecule is C=CS/C=C(\C)CCC(C)Nc1ncnc(N)n1. The largest absolute Gasteiger partial charge is 0.368 e. The lowest BCUT2D eigenvalue weighted by Crippen LogP contribution is -2.17. The Kier molecular flexibility index (Phi) is 6.21. The van der Waals surface area contributed by atoms with Crippen molar-refractivity contribution >= 4 is 23.7 Å². The third kappa shape index (κ3) is 5.67. The smallest absolute Gasteiger partial charge is 0.227 e. The van der Waals surface area contributed by atoms with Crippen LogP contribution in [0.15, 0.2) is 29.3 Å². The van der Waals surface area contributed by atoms with Gasteiger partial charge in [0.25, 0.3) is 0 Å². The van der Waals surface area contributed by atoms with Crippen molar-refractivity contribution in [2.24, 2.45) is 0 Å². The van der Waals surface area contributed by atoms with Crippen LogP contribution in [-0.2, 0) is 0 Å². The lowest BCUT2D eigenvalue weighted by Gasteiger charge is -2.13. The van der Waals surface area contributed by atoms with Gasteiger partial charge in [0, 0.05) is 6.04 Å². The number of allylic oxidation sites excluding steroid dienone is 1. The molecule has 0 saturated carbocycles. The molecule has 0 fully saturated rings. The normalized spacial score (nSPS) is 13.1. The second-order valence-corrected chi connectivity index (χ2v) is 4.86. The summed E-state index contributed by atoms with van der Waals surface area (Å²) in [6, 6.07) is 0.281. The Labute approximate surface area is 112 Å². The maximum atomic E-state index is 5.49. The van der Waals surface area contributed by atoms with Crippen molar-refractivity contribution in [3.05, 3.63) is 29.3 Å². The second-order valence-electron chi connectivity index (χ2n) is 4.02. The van der Waals surface area contributed by atoms with Crippen LogP contribution in [-0.4, -0.2) is 21.0 Å². The van der Waals surface area contributed by atoms with Gasteiger partial charge in [0.05, 0.1) is 0 Å². The van der Waals surface area contributed by atoms with Crippen LogP contribution in [0.2, 0.25) is 0 Å². The maximum absolute atomic E-state index is 5.49. The van der Waals surface area contributed by atoms with Gasteiger partial charge in [-0.05, 0) is 37.5 Å². The standard InChI is InChI=1S/C12H19N5S/c1-4-18-7-9(2)5-6-10(3)16-12-15-8-14-11(13)17-12/h4,7-8,10H,1,5-6H2,2-3H3,(H3,13,14,15,16,17)/b9-7+. The Morgan fingerprint density at radius 2 is 2.39 bits per heavy atom. The zero-order chi connectivity index (χ0) is 13.4. The number of nitrogens with two attached hydrogens (primary N) is 1. The van der Waals surface area contributed by atoms with Crippen LogP contribution >= 0.6 is 11.8 Å². The number of nitrogens with zero attached hydrogens (tertiary/aromatic N) is 3. The molecule has 1 atom stereocenters. The number of rotatable bonds is 7. The van der Waals surface area contributed by atoms with E-state index in [-0.39, 0.29) is 12.0 Å². The van der Waals surface area contributed by atoms with Gasteiger partial charge in [0.1, 0.15) is 6.33 Å². The maximum Gasteiger partial charge on any atom is 0.227 e. The number of nitrogens with one attached hydrogen (secondary N) is 1. The fraction of sp³-hybridized carbons (Fsp3) is 0.417. The minimum absolute atomic E-state index is 0.234. The first-order valence-corrected chi connectivity index (χ1v) is 6.69. The van der Waals surface area contributed by atoms with E-state index in [9.17, 15) is 0 Å². The predicted molar refractivity (Wildman–Crippen MR) is 78.1 cm³/mol. The van der Waals surface area contributed by atoms with Crippen LogP contribution in [0.25, 0.3) is 0 Å². The Balaban J connectivity index is 2.38. The van der Waals surface area contributed by atoms with Crippen molar-refractivity contribution in [1.29, 1.82) is 0 Å². The van der Waals surface area contributed by atoms with Crippen molar-refractivity contribution in [3.63, 3.8) is 0 Å². The molecule has 1 rings (SSSR count). The van der Waals surface area contributed by atoms with E-state index in [0.717, 1.165) is 12.8 Å². The van der Waals surface area contributed by atoms with Crippen molar-refractivity contribution in [3.8, 4) is 0 Å². The highest BCUT2D eigenvalue weighted by molar-refractivity contribution is 8.04. The molecule has 18 heavy (non-hydrogen) atoms. The molecule has 0 radical (unpaired) electrons. The summed E-state index contributed by atoms with van der Waals surface area (Å²) in [6.07, 6.45) is 3.43. The molecule has 0 aromatic carbocycles. The van der Waals surface area contributed by atoms with E-state index >= 15 is 0 Å². The number of hydrogen-bond donors (Lipinski definition) is 2. The Bertz CT molecular complexity index is 419. The van der Waals surface area contributed by atoms with Gasteiger partial charge in [-0.2, -0.15) is 4.98 Å². The van der Waals surface area contributed by atoms with Gasteiger partial charge in [-0.25, -0.2) is 9.97 Å². The molecule has 0 saturated heterocycles. The lowest BCUT2D eigenvalue weighted by molar-refractivity contribution is 0.695. The minimum atomic E-state index is 0.234. The molecule has 98 valence electrons. The molecule has 0 amide bonds. The van der Waals surface area contributed by atoms with Gasteiger partial charge < -0.3 is 11.1 Å². The molecule has 1 aromatic rings. The van der Waals surface area contributed by atoms with E-state index in [1.807, 2.05) is 5.41 Å². The van der Waals surface area contributed by atoms with Gasteiger partial charge >= 0.3 is 0 Å². The molecule has 1 unspecified atom stereocenters. The van der Waals surface area contributed by atoms with E-state index in [2.05, 4.69) is 46.1 Å². The number of anilines is 2. The van der Waals surface area contributed by atoms with E-state index in [1.54, 1.807) is 11.8 Å². The average Bonchev–Trinajstić information content (AvgIpc) is 2.34. The second kappa shape index (κ2) is 7.71. The van der Waals surface area contributed by atoms with Crippen LogP contribution in [0.5, 0.6) is 0 Å². The van der Waals surface area contributed by atoms with Gasteiger partial charge in [-0.1, -0.05) is 12.2 Å². The van der Waals surface area contributed by atoms with Crippen molar-refractivity contribution in [2.75, 3.05) is 11.1 Å². The fourth-order valence-electron chi connectivity index (χ4n) is 1.34. The minimum Gasteiger partial charge on any atom is -0.368 e. The molecule has 0 spiro atoms. The van der Waals surface area contributed by atoms with Gasteiger partial charge in [0.15, 0.2) is 0 Å². The summed E-state index contributed by atoms with van der Waals surface area (Å²) >= 11 is 1.61. The molecule has 0 aliphatic rings. The average molecular weight is 265 g/mol. The molecule has 0 aliphatic carbocycles. The quantitative estimate of drug-likeness (QED) is 0.789. The first-order chi connectivity index (χ1) is 8.61. The van der Waals surface area contributed by atoms with Gasteiger partial charge in [-0.15, -0.1) is 11.8 Å². The van der Waals surface area contributed by atoms with Gasteiger partial charge in [0.2, 0.25) is 11.9 Å². The van der Waals surface area contributed by atoms with E-state index in [0.29, 0.717) is 5.95 Å². The Morgan fingerprint density at radius 3 is 3.06 bits per heavy atom. The summed E-state index contributed by atoms with van der Waals surface area (Å²) < 4.78 is 0. The zero-order valence-corrected chi connectivity index (χ0v) is 11.6. The molecule has 0 aliphatic heterocycles. The highest BCUT2D eigenvalue weighted by Gasteiger charge is 2.04. The lowest BCUT2D eigenvalue weighted by atomic mass is 10.1. The molecule has 0 bridgehead atoms. The molecule has 1 heterocycles. The highest BCUT2D eigenvalue weighted by atomic mass is 32.2. The summed E-state index contributed by atoms with van der Waals surface area (Å²) in [7, 11) is 0. The topological polar surface area (TPSA) is 76.7 Å². The monoisotopic (exact) mass is 265 g/mol. The van der Waals surface area contributed by atoms with Crippen LogP contribution < -0.4 is 11.1 Å². The first-order valence-electron chi connectivity index (χ1n) is 5.75. The number of aromatic nitrogens is 3. The summed E-state index contributed by atoms with van der Waals surface area (Å²) in [5, 5.41) is 7.13. The summed E-state index contributed by atoms with van der Waals surface area (Å²) in [4.78, 5) is 11.8. The Hall–Kier alpha value is -1.56. The summed E-state index contributed by atoms with van der Waals surface area (Å²) in [5.41, 5.74) is 6.82. The van der Waals surface area contributed by atoms with Crippen molar-refractivity contribution < 1.29 is 0 Å². The van der Waals surface area contributed by atoms with E-state index in [4.69, 9.17) is 5.73 Å². The van der Waals surface area contributed by atoms with Crippen molar-refractivity contribution in [1.82, 2.24) is 15.0 Å². The Morgan fingerprint density at radius 1 is 1.61 bits per heavy atom. The molecule has 5 nitrogen and oxygen atoms in total. The first kappa shape index (κ1) is 14.5. The van der Waals surface area contributed by atoms with Crippen molar-refractivity contribution in [2.45, 2.75) is 32.7 Å². The van der Waals surface area contributed by atoms with Crippen LogP contribution in [0, 0.1) is 0 Å². The number of thioether (sulfide) groups is 1.